The van der Waals surface area contributed by atoms with E-state index < -0.39 is 0 Å². The van der Waals surface area contributed by atoms with E-state index in [2.05, 4.69) is 17.3 Å². The highest BCUT2D eigenvalue weighted by molar-refractivity contribution is 4.77. The molecule has 3 heteroatoms. The number of hydrogen-bond acceptors (Lipinski definition) is 3. The average Bonchev–Trinajstić information content (AvgIpc) is 2.05. The van der Waals surface area contributed by atoms with Gasteiger partial charge in [-0.3, -0.25) is 0 Å². The van der Waals surface area contributed by atoms with Crippen LogP contribution in [0.25, 0.3) is 0 Å². The van der Waals surface area contributed by atoms with Crippen LogP contribution in [0.2, 0.25) is 0 Å². The van der Waals surface area contributed by atoms with Crippen molar-refractivity contribution in [2.75, 3.05) is 39.9 Å². The lowest BCUT2D eigenvalue weighted by Crippen LogP contribution is -2.48. The molecule has 0 aromatic rings. The van der Waals surface area contributed by atoms with Gasteiger partial charge in [-0.25, -0.2) is 0 Å². The molecular weight excluding hydrogens is 164 g/mol. The molecule has 0 amide bonds. The largest absolute Gasteiger partial charge is 0.378 e. The lowest BCUT2D eigenvalue weighted by Gasteiger charge is -2.32. The molecule has 0 aliphatic carbocycles. The van der Waals surface area contributed by atoms with Gasteiger partial charge in [0.25, 0.3) is 0 Å². The van der Waals surface area contributed by atoms with Gasteiger partial charge in [0.15, 0.2) is 0 Å². The van der Waals surface area contributed by atoms with Crippen molar-refractivity contribution < 1.29 is 4.74 Å². The van der Waals surface area contributed by atoms with E-state index in [1.165, 1.54) is 32.5 Å². The molecule has 2 heterocycles. The summed E-state index contributed by atoms with van der Waals surface area (Å²) in [5.41, 5.74) is 0. The van der Waals surface area contributed by atoms with E-state index in [9.17, 15) is 0 Å². The van der Waals surface area contributed by atoms with E-state index in [4.69, 9.17) is 4.74 Å². The number of piperidine rings is 1. The first-order valence-corrected chi connectivity index (χ1v) is 5.34. The number of ether oxygens (including phenoxy) is 1. The van der Waals surface area contributed by atoms with Crippen LogP contribution in [-0.2, 0) is 4.74 Å². The SMILES string of the molecule is CN1CCC(CNC2COC2)CC1. The van der Waals surface area contributed by atoms with Crippen molar-refractivity contribution in [3.8, 4) is 0 Å². The Balaban J connectivity index is 1.59. The molecule has 0 radical (unpaired) electrons. The zero-order chi connectivity index (χ0) is 9.10. The molecule has 2 aliphatic rings. The molecule has 2 saturated heterocycles. The lowest BCUT2D eigenvalue weighted by atomic mass is 9.97. The summed E-state index contributed by atoms with van der Waals surface area (Å²) in [7, 11) is 2.21. The molecule has 1 N–H and O–H groups in total. The summed E-state index contributed by atoms with van der Waals surface area (Å²) in [6.45, 7) is 5.59. The minimum atomic E-state index is 0.652. The predicted molar refractivity (Wildman–Crippen MR) is 52.8 cm³/mol. The van der Waals surface area contributed by atoms with Gasteiger partial charge in [0.1, 0.15) is 0 Å². The van der Waals surface area contributed by atoms with E-state index in [0.717, 1.165) is 19.1 Å². The van der Waals surface area contributed by atoms with E-state index in [1.807, 2.05) is 0 Å². The minimum Gasteiger partial charge on any atom is -0.378 e. The smallest absolute Gasteiger partial charge is 0.0643 e. The standard InChI is InChI=1S/C10H20N2O/c1-12-4-2-9(3-5-12)6-11-10-7-13-8-10/h9-11H,2-8H2,1H3. The van der Waals surface area contributed by atoms with Crippen LogP contribution < -0.4 is 5.32 Å². The summed E-state index contributed by atoms with van der Waals surface area (Å²) in [5, 5.41) is 3.56. The topological polar surface area (TPSA) is 24.5 Å². The average molecular weight is 184 g/mol. The van der Waals surface area contributed by atoms with Crippen molar-refractivity contribution in [2.45, 2.75) is 18.9 Å². The molecule has 2 rings (SSSR count). The van der Waals surface area contributed by atoms with Crippen molar-refractivity contribution >= 4 is 0 Å². The molecule has 0 atom stereocenters. The van der Waals surface area contributed by atoms with Gasteiger partial charge in [-0.2, -0.15) is 0 Å². The number of nitrogens with one attached hydrogen (secondary N) is 1. The summed E-state index contributed by atoms with van der Waals surface area (Å²) in [5.74, 6) is 0.900. The molecule has 0 saturated carbocycles. The Kier molecular flexibility index (Phi) is 3.19. The van der Waals surface area contributed by atoms with Crippen molar-refractivity contribution in [2.24, 2.45) is 5.92 Å². The van der Waals surface area contributed by atoms with Gasteiger partial charge >= 0.3 is 0 Å². The monoisotopic (exact) mass is 184 g/mol. The number of nitrogens with zero attached hydrogens (tertiary/aromatic N) is 1. The highest BCUT2D eigenvalue weighted by Gasteiger charge is 2.21. The van der Waals surface area contributed by atoms with Gasteiger partial charge in [0, 0.05) is 0 Å². The number of hydrogen-bond donors (Lipinski definition) is 1. The fraction of sp³-hybridized carbons (Fsp3) is 1.00. The third-order valence-electron chi connectivity index (χ3n) is 3.17. The van der Waals surface area contributed by atoms with Crippen LogP contribution in [0.15, 0.2) is 0 Å². The third-order valence-corrected chi connectivity index (χ3v) is 3.17. The summed E-state index contributed by atoms with van der Waals surface area (Å²) >= 11 is 0. The van der Waals surface area contributed by atoms with E-state index in [-0.39, 0.29) is 0 Å². The lowest BCUT2D eigenvalue weighted by molar-refractivity contribution is -0.00744. The summed E-state index contributed by atoms with van der Waals surface area (Å²) in [6, 6.07) is 0.652. The molecule has 13 heavy (non-hydrogen) atoms. The van der Waals surface area contributed by atoms with Crippen molar-refractivity contribution in [3.05, 3.63) is 0 Å². The maximum Gasteiger partial charge on any atom is 0.0643 e. The Hall–Kier alpha value is -0.120. The molecular formula is C10H20N2O. The van der Waals surface area contributed by atoms with Gasteiger partial charge in [0.2, 0.25) is 0 Å². The van der Waals surface area contributed by atoms with Gasteiger partial charge < -0.3 is 15.0 Å². The van der Waals surface area contributed by atoms with E-state index >= 15 is 0 Å². The van der Waals surface area contributed by atoms with Crippen LogP contribution >= 0.6 is 0 Å². The Labute approximate surface area is 80.4 Å². The third kappa shape index (κ3) is 2.66. The molecule has 0 unspecified atom stereocenters. The van der Waals surface area contributed by atoms with Gasteiger partial charge in [0.05, 0.1) is 19.3 Å². The van der Waals surface area contributed by atoms with Crippen LogP contribution in [0, 0.1) is 5.92 Å². The summed E-state index contributed by atoms with van der Waals surface area (Å²) in [4.78, 5) is 2.42. The normalized spacial score (nSPS) is 27.5. The van der Waals surface area contributed by atoms with Crippen molar-refractivity contribution in [1.82, 2.24) is 10.2 Å². The Morgan fingerprint density at radius 3 is 2.54 bits per heavy atom. The molecule has 3 nitrogen and oxygen atoms in total. The Morgan fingerprint density at radius 1 is 1.31 bits per heavy atom. The molecule has 0 bridgehead atoms. The molecule has 0 aromatic carbocycles. The van der Waals surface area contributed by atoms with Gasteiger partial charge in [-0.15, -0.1) is 0 Å². The highest BCUT2D eigenvalue weighted by Crippen LogP contribution is 2.15. The summed E-state index contributed by atoms with van der Waals surface area (Å²) < 4.78 is 5.12. The first kappa shape index (κ1) is 9.44. The fourth-order valence-corrected chi connectivity index (χ4v) is 1.95. The van der Waals surface area contributed by atoms with Crippen LogP contribution in [0.1, 0.15) is 12.8 Å². The molecule has 76 valence electrons. The second kappa shape index (κ2) is 4.40. The van der Waals surface area contributed by atoms with E-state index in [0.29, 0.717) is 6.04 Å². The molecule has 0 spiro atoms. The fourth-order valence-electron chi connectivity index (χ4n) is 1.95. The molecule has 2 aliphatic heterocycles. The second-order valence-electron chi connectivity index (χ2n) is 4.39. The van der Waals surface area contributed by atoms with Crippen LogP contribution in [-0.4, -0.2) is 50.8 Å². The number of likely N-dealkylation sites (tertiary alicyclic amines) is 1. The van der Waals surface area contributed by atoms with E-state index in [1.54, 1.807) is 0 Å². The first-order chi connectivity index (χ1) is 6.34. The van der Waals surface area contributed by atoms with Crippen LogP contribution in [0.3, 0.4) is 0 Å². The van der Waals surface area contributed by atoms with Crippen molar-refractivity contribution in [3.63, 3.8) is 0 Å². The van der Waals surface area contributed by atoms with Gasteiger partial charge in [-0.1, -0.05) is 0 Å². The van der Waals surface area contributed by atoms with Crippen LogP contribution in [0.5, 0.6) is 0 Å². The minimum absolute atomic E-state index is 0.652. The molecule has 2 fully saturated rings. The highest BCUT2D eigenvalue weighted by atomic mass is 16.5. The number of rotatable bonds is 3. The molecule has 0 aromatic heterocycles. The van der Waals surface area contributed by atoms with Gasteiger partial charge in [-0.05, 0) is 45.4 Å². The Bertz CT molecular complexity index is 151. The van der Waals surface area contributed by atoms with Crippen molar-refractivity contribution in [1.29, 1.82) is 0 Å². The Morgan fingerprint density at radius 2 is 2.00 bits per heavy atom. The predicted octanol–water partition coefficient (Wildman–Crippen LogP) is 0.317. The first-order valence-electron chi connectivity index (χ1n) is 5.34. The maximum absolute atomic E-state index is 5.12. The zero-order valence-corrected chi connectivity index (χ0v) is 8.46. The zero-order valence-electron chi connectivity index (χ0n) is 8.46. The van der Waals surface area contributed by atoms with Crippen LogP contribution in [0.4, 0.5) is 0 Å². The second-order valence-corrected chi connectivity index (χ2v) is 4.39. The summed E-state index contributed by atoms with van der Waals surface area (Å²) in [6.07, 6.45) is 2.72. The quantitative estimate of drug-likeness (QED) is 0.683. The maximum atomic E-state index is 5.12.